The van der Waals surface area contributed by atoms with Crippen LogP contribution in [0.2, 0.25) is 5.02 Å². The number of Topliss-reactive ketones (excluding diaryl/α,β-unsaturated/α-hetero) is 1. The van der Waals surface area contributed by atoms with Gasteiger partial charge < -0.3 is 4.90 Å². The fraction of sp³-hybridized carbons (Fsp3) is 0.148. The predicted molar refractivity (Wildman–Crippen MR) is 135 cm³/mol. The molecular weight excluding hydrogens is 535 g/mol. The van der Waals surface area contributed by atoms with Crippen LogP contribution in [0.5, 0.6) is 0 Å². The van der Waals surface area contributed by atoms with Crippen molar-refractivity contribution in [2.45, 2.75) is 12.1 Å². The van der Waals surface area contributed by atoms with Gasteiger partial charge >= 0.3 is 0 Å². The zero-order valence-electron chi connectivity index (χ0n) is 18.1. The van der Waals surface area contributed by atoms with Crippen molar-refractivity contribution in [2.75, 3.05) is 9.80 Å². The Hall–Kier alpha value is -3.29. The number of carbonyl (C=O) groups is 3. The average Bonchev–Trinajstić information content (AvgIpc) is 3.32. The zero-order valence-corrected chi connectivity index (χ0v) is 20.4. The van der Waals surface area contributed by atoms with Crippen molar-refractivity contribution in [3.05, 3.63) is 99.2 Å². The summed E-state index contributed by atoms with van der Waals surface area (Å²) in [6.07, 6.45) is 3.75. The summed E-state index contributed by atoms with van der Waals surface area (Å²) in [5.41, 5.74) is 2.15. The quantitative estimate of drug-likeness (QED) is 0.318. The van der Waals surface area contributed by atoms with Crippen LogP contribution in [0.4, 0.5) is 15.8 Å². The van der Waals surface area contributed by atoms with Crippen molar-refractivity contribution in [3.8, 4) is 0 Å². The molecule has 4 atom stereocenters. The van der Waals surface area contributed by atoms with E-state index in [1.54, 1.807) is 36.4 Å². The Morgan fingerprint density at radius 1 is 0.943 bits per heavy atom. The average molecular weight is 552 g/mol. The summed E-state index contributed by atoms with van der Waals surface area (Å²) in [4.78, 5) is 44.3. The minimum absolute atomic E-state index is 0.166. The van der Waals surface area contributed by atoms with Crippen molar-refractivity contribution in [1.29, 1.82) is 0 Å². The summed E-state index contributed by atoms with van der Waals surface area (Å²) >= 11 is 9.69. The van der Waals surface area contributed by atoms with Crippen LogP contribution in [0.25, 0.3) is 6.08 Å². The molecule has 2 fully saturated rings. The molecule has 3 aliphatic heterocycles. The molecule has 0 aromatic heterocycles. The molecule has 0 unspecified atom stereocenters. The van der Waals surface area contributed by atoms with Crippen molar-refractivity contribution in [2.24, 2.45) is 11.8 Å². The molecule has 5 nitrogen and oxygen atoms in total. The Bertz CT molecular complexity index is 1440. The molecule has 0 aliphatic carbocycles. The minimum atomic E-state index is -0.929. The molecule has 0 radical (unpaired) electrons. The van der Waals surface area contributed by atoms with E-state index in [4.69, 9.17) is 11.6 Å². The van der Waals surface area contributed by atoms with E-state index in [9.17, 15) is 18.8 Å². The van der Waals surface area contributed by atoms with Gasteiger partial charge in [-0.3, -0.25) is 14.4 Å². The van der Waals surface area contributed by atoms with E-state index in [0.717, 1.165) is 21.0 Å². The van der Waals surface area contributed by atoms with Crippen LogP contribution in [0.15, 0.2) is 77.3 Å². The Labute approximate surface area is 213 Å². The van der Waals surface area contributed by atoms with Gasteiger partial charge in [0.2, 0.25) is 11.8 Å². The Morgan fingerprint density at radius 2 is 1.69 bits per heavy atom. The number of fused-ring (bicyclic) bond motifs is 5. The monoisotopic (exact) mass is 550 g/mol. The van der Waals surface area contributed by atoms with Gasteiger partial charge in [0.25, 0.3) is 0 Å². The van der Waals surface area contributed by atoms with Gasteiger partial charge in [-0.1, -0.05) is 63.9 Å². The molecule has 35 heavy (non-hydrogen) atoms. The number of nitrogens with zero attached hydrogens (tertiary/aromatic N) is 2. The first-order chi connectivity index (χ1) is 16.8. The minimum Gasteiger partial charge on any atom is -0.352 e. The van der Waals surface area contributed by atoms with Gasteiger partial charge in [-0.15, -0.1) is 0 Å². The zero-order chi connectivity index (χ0) is 24.4. The summed E-state index contributed by atoms with van der Waals surface area (Å²) in [6.45, 7) is 0. The van der Waals surface area contributed by atoms with Crippen LogP contribution in [0.1, 0.15) is 15.9 Å². The summed E-state index contributed by atoms with van der Waals surface area (Å²) in [7, 11) is 0. The van der Waals surface area contributed by atoms with Crippen LogP contribution in [0.3, 0.4) is 0 Å². The second-order valence-corrected chi connectivity index (χ2v) is 10.2. The first-order valence-corrected chi connectivity index (χ1v) is 12.2. The van der Waals surface area contributed by atoms with E-state index in [0.29, 0.717) is 16.3 Å². The molecule has 0 bridgehead atoms. The van der Waals surface area contributed by atoms with E-state index in [1.165, 1.54) is 18.2 Å². The van der Waals surface area contributed by atoms with Gasteiger partial charge in [-0.25, -0.2) is 9.29 Å². The number of hydrogen-bond donors (Lipinski definition) is 0. The number of rotatable bonds is 3. The number of hydrogen-bond acceptors (Lipinski definition) is 4. The number of amides is 2. The summed E-state index contributed by atoms with van der Waals surface area (Å²) in [5.74, 6) is -3.49. The van der Waals surface area contributed by atoms with E-state index >= 15 is 0 Å². The molecule has 3 aromatic rings. The first-order valence-electron chi connectivity index (χ1n) is 11.0. The largest absolute Gasteiger partial charge is 0.352 e. The molecule has 6 rings (SSSR count). The second-order valence-electron chi connectivity index (χ2n) is 8.82. The third kappa shape index (κ3) is 3.37. The predicted octanol–water partition coefficient (Wildman–Crippen LogP) is 5.51. The maximum absolute atomic E-state index is 14.0. The lowest BCUT2D eigenvalue weighted by molar-refractivity contribution is -0.122. The second kappa shape index (κ2) is 8.14. The molecule has 3 heterocycles. The molecule has 0 N–H and O–H groups in total. The topological polar surface area (TPSA) is 57.7 Å². The van der Waals surface area contributed by atoms with Gasteiger partial charge in [-0.2, -0.15) is 0 Å². The molecule has 2 saturated heterocycles. The fourth-order valence-electron chi connectivity index (χ4n) is 5.49. The molecule has 3 aliphatic rings. The molecule has 8 heteroatoms. The summed E-state index contributed by atoms with van der Waals surface area (Å²) < 4.78 is 14.8. The highest BCUT2D eigenvalue weighted by molar-refractivity contribution is 9.10. The van der Waals surface area contributed by atoms with Gasteiger partial charge in [-0.05, 0) is 48.0 Å². The van der Waals surface area contributed by atoms with Crippen molar-refractivity contribution in [3.63, 3.8) is 0 Å². The van der Waals surface area contributed by atoms with Crippen LogP contribution in [-0.4, -0.2) is 29.7 Å². The molecule has 0 saturated carbocycles. The Morgan fingerprint density at radius 3 is 2.43 bits per heavy atom. The molecule has 174 valence electrons. The smallest absolute Gasteiger partial charge is 0.240 e. The highest BCUT2D eigenvalue weighted by Crippen LogP contribution is 2.50. The molecule has 3 aromatic carbocycles. The van der Waals surface area contributed by atoms with Gasteiger partial charge in [0, 0.05) is 20.7 Å². The number of benzene rings is 3. The van der Waals surface area contributed by atoms with Crippen LogP contribution < -0.4 is 9.80 Å². The number of imide groups is 1. The van der Waals surface area contributed by atoms with Gasteiger partial charge in [0.1, 0.15) is 11.9 Å². The Kier molecular flexibility index (Phi) is 5.16. The lowest BCUT2D eigenvalue weighted by Gasteiger charge is -2.36. The van der Waals surface area contributed by atoms with E-state index in [-0.39, 0.29) is 11.5 Å². The van der Waals surface area contributed by atoms with Crippen LogP contribution in [-0.2, 0) is 9.59 Å². The highest BCUT2D eigenvalue weighted by Gasteiger charge is 2.64. The first kappa shape index (κ1) is 22.2. The third-order valence-electron chi connectivity index (χ3n) is 6.93. The normalized spacial score (nSPS) is 24.4. The van der Waals surface area contributed by atoms with Crippen molar-refractivity contribution < 1.29 is 18.8 Å². The number of carbonyl (C=O) groups excluding carboxylic acids is 3. The molecular formula is C27H17BrClFN2O3. The number of halogens is 3. The Balaban J connectivity index is 1.51. The number of ketones is 1. The van der Waals surface area contributed by atoms with Crippen molar-refractivity contribution in [1.82, 2.24) is 0 Å². The highest BCUT2D eigenvalue weighted by atomic mass is 79.9. The standard InChI is InChI=1S/C27H17BrClFN2O3/c28-16-8-4-15(5-9-16)25(33)24-23-22(20-11-7-14-6-10-17(29)12-21(14)32(20)24)26(34)31(27(23)35)19-3-1-2-18(30)13-19/h1-13,20,22-24H/t20-,22-,23+,24-/m0/s1. The fourth-order valence-corrected chi connectivity index (χ4v) is 5.92. The summed E-state index contributed by atoms with van der Waals surface area (Å²) in [6, 6.07) is 16.2. The van der Waals surface area contributed by atoms with E-state index in [1.807, 2.05) is 23.1 Å². The SMILES string of the molecule is O=C(c1ccc(Br)cc1)[C@@H]1[C@@H]2C(=O)N(c3cccc(F)c3)C(=O)[C@H]2[C@@H]2C=Cc3ccc(Cl)cc3N12. The molecule has 0 spiro atoms. The summed E-state index contributed by atoms with van der Waals surface area (Å²) in [5, 5.41) is 0.490. The van der Waals surface area contributed by atoms with E-state index < -0.39 is 41.6 Å². The van der Waals surface area contributed by atoms with E-state index in [2.05, 4.69) is 15.9 Å². The van der Waals surface area contributed by atoms with Crippen LogP contribution in [0, 0.1) is 17.7 Å². The maximum atomic E-state index is 14.0. The van der Waals surface area contributed by atoms with Gasteiger partial charge in [0.15, 0.2) is 5.78 Å². The van der Waals surface area contributed by atoms with Crippen molar-refractivity contribution >= 4 is 62.6 Å². The van der Waals surface area contributed by atoms with Gasteiger partial charge in [0.05, 0.1) is 23.6 Å². The lowest BCUT2D eigenvalue weighted by Crippen LogP contribution is -2.48. The maximum Gasteiger partial charge on any atom is 0.240 e. The third-order valence-corrected chi connectivity index (χ3v) is 7.70. The lowest BCUT2D eigenvalue weighted by atomic mass is 9.86. The number of anilines is 2. The molecule has 2 amide bonds. The van der Waals surface area contributed by atoms with Crippen LogP contribution >= 0.6 is 27.5 Å².